The highest BCUT2D eigenvalue weighted by Crippen LogP contribution is 2.39. The van der Waals surface area contributed by atoms with Crippen LogP contribution < -0.4 is 5.32 Å². The van der Waals surface area contributed by atoms with Crippen LogP contribution in [0.15, 0.2) is 23.7 Å². The van der Waals surface area contributed by atoms with Crippen molar-refractivity contribution in [2.45, 2.75) is 45.8 Å². The lowest BCUT2D eigenvalue weighted by atomic mass is 9.77. The fourth-order valence-corrected chi connectivity index (χ4v) is 3.72. The van der Waals surface area contributed by atoms with Gasteiger partial charge in [-0.15, -0.1) is 11.3 Å². The van der Waals surface area contributed by atoms with E-state index in [1.165, 1.54) is 18.3 Å². The van der Waals surface area contributed by atoms with E-state index in [0.717, 1.165) is 21.3 Å². The normalized spacial score (nSPS) is 19.2. The van der Waals surface area contributed by atoms with Crippen molar-refractivity contribution in [1.29, 1.82) is 0 Å². The number of hydrogen-bond donors (Lipinski definition) is 1. The van der Waals surface area contributed by atoms with E-state index >= 15 is 0 Å². The van der Waals surface area contributed by atoms with Crippen LogP contribution >= 0.6 is 22.9 Å². The average molecular weight is 393 g/mol. The number of rotatable bonds is 4. The highest BCUT2D eigenvalue weighted by Gasteiger charge is 2.52. The molecule has 0 radical (unpaired) electrons. The summed E-state index contributed by atoms with van der Waals surface area (Å²) in [6.45, 7) is 9.88. The SMILES string of the molecule is CC(=O)NCC(=Cc1ccc2nc(Cl)sc2c1)B1OC(C)(C)C(C)(C)O1. The summed E-state index contributed by atoms with van der Waals surface area (Å²) in [6.07, 6.45) is 1.99. The van der Waals surface area contributed by atoms with Gasteiger partial charge in [-0.05, 0) is 50.9 Å². The van der Waals surface area contributed by atoms with E-state index in [4.69, 9.17) is 20.9 Å². The smallest absolute Gasteiger partial charge is 0.400 e. The summed E-state index contributed by atoms with van der Waals surface area (Å²) in [5.74, 6) is -0.0999. The van der Waals surface area contributed by atoms with Gasteiger partial charge in [0.15, 0.2) is 4.47 Å². The highest BCUT2D eigenvalue weighted by atomic mass is 35.5. The third-order valence-electron chi connectivity index (χ3n) is 4.84. The van der Waals surface area contributed by atoms with E-state index < -0.39 is 18.3 Å². The first kappa shape index (κ1) is 19.4. The molecule has 2 heterocycles. The number of benzene rings is 1. The third kappa shape index (κ3) is 3.96. The predicted molar refractivity (Wildman–Crippen MR) is 107 cm³/mol. The van der Waals surface area contributed by atoms with Gasteiger partial charge in [0.05, 0.1) is 21.4 Å². The zero-order chi connectivity index (χ0) is 19.1. The molecule has 138 valence electrons. The van der Waals surface area contributed by atoms with E-state index in [1.807, 2.05) is 52.0 Å². The number of nitrogens with zero attached hydrogens (tertiary/aromatic N) is 1. The van der Waals surface area contributed by atoms with Crippen molar-refractivity contribution in [2.24, 2.45) is 0 Å². The summed E-state index contributed by atoms with van der Waals surface area (Å²) in [4.78, 5) is 15.7. The highest BCUT2D eigenvalue weighted by molar-refractivity contribution is 7.22. The number of halogens is 1. The summed E-state index contributed by atoms with van der Waals surface area (Å²) in [5, 5.41) is 2.84. The van der Waals surface area contributed by atoms with Crippen molar-refractivity contribution in [3.8, 4) is 0 Å². The molecule has 0 spiro atoms. The van der Waals surface area contributed by atoms with Gasteiger partial charge in [-0.3, -0.25) is 4.79 Å². The van der Waals surface area contributed by atoms with Crippen LogP contribution in [-0.4, -0.2) is 35.8 Å². The zero-order valence-electron chi connectivity index (χ0n) is 15.6. The maximum Gasteiger partial charge on any atom is 0.492 e. The van der Waals surface area contributed by atoms with E-state index in [1.54, 1.807) is 0 Å². The Kier molecular flexibility index (Phi) is 5.18. The molecule has 1 aromatic carbocycles. The van der Waals surface area contributed by atoms with Crippen molar-refractivity contribution < 1.29 is 14.1 Å². The van der Waals surface area contributed by atoms with Crippen LogP contribution in [0.5, 0.6) is 0 Å². The van der Waals surface area contributed by atoms with Gasteiger partial charge in [0.1, 0.15) is 0 Å². The van der Waals surface area contributed by atoms with Gasteiger partial charge in [0.25, 0.3) is 0 Å². The number of carbonyl (C=O) groups is 1. The maximum atomic E-state index is 11.4. The second-order valence-corrected chi connectivity index (χ2v) is 9.02. The fourth-order valence-electron chi connectivity index (χ4n) is 2.64. The van der Waals surface area contributed by atoms with E-state index in [2.05, 4.69) is 10.3 Å². The van der Waals surface area contributed by atoms with Crippen molar-refractivity contribution >= 4 is 52.3 Å². The number of fused-ring (bicyclic) bond motifs is 1. The molecule has 1 fully saturated rings. The van der Waals surface area contributed by atoms with Gasteiger partial charge in [0, 0.05) is 13.5 Å². The van der Waals surface area contributed by atoms with Crippen LogP contribution in [0.25, 0.3) is 16.3 Å². The lowest BCUT2D eigenvalue weighted by Crippen LogP contribution is -2.41. The molecule has 1 aliphatic rings. The summed E-state index contributed by atoms with van der Waals surface area (Å²) in [5.41, 5.74) is 1.82. The maximum absolute atomic E-state index is 11.4. The van der Waals surface area contributed by atoms with Crippen LogP contribution in [0.1, 0.15) is 40.2 Å². The molecule has 26 heavy (non-hydrogen) atoms. The molecule has 1 amide bonds. The predicted octanol–water partition coefficient (Wildman–Crippen LogP) is 4.10. The Morgan fingerprint density at radius 2 is 1.96 bits per heavy atom. The monoisotopic (exact) mass is 392 g/mol. The lowest BCUT2D eigenvalue weighted by molar-refractivity contribution is -0.118. The molecule has 1 aliphatic heterocycles. The largest absolute Gasteiger partial charge is 0.492 e. The van der Waals surface area contributed by atoms with Gasteiger partial charge in [-0.2, -0.15) is 0 Å². The minimum atomic E-state index is -0.521. The van der Waals surface area contributed by atoms with Crippen LogP contribution in [0.2, 0.25) is 4.47 Å². The van der Waals surface area contributed by atoms with Gasteiger partial charge in [0.2, 0.25) is 5.91 Å². The molecule has 0 unspecified atom stereocenters. The topological polar surface area (TPSA) is 60.5 Å². The molecule has 1 N–H and O–H groups in total. The Labute approximate surface area is 162 Å². The van der Waals surface area contributed by atoms with Crippen molar-refractivity contribution in [2.75, 3.05) is 6.54 Å². The molecule has 8 heteroatoms. The molecule has 5 nitrogen and oxygen atoms in total. The quantitative estimate of drug-likeness (QED) is 0.796. The Morgan fingerprint density at radius 1 is 1.31 bits per heavy atom. The van der Waals surface area contributed by atoms with Crippen molar-refractivity contribution in [3.63, 3.8) is 0 Å². The average Bonchev–Trinajstić information content (AvgIpc) is 2.98. The Balaban J connectivity index is 1.94. The first-order chi connectivity index (χ1) is 12.1. The Morgan fingerprint density at radius 3 is 2.58 bits per heavy atom. The summed E-state index contributed by atoms with van der Waals surface area (Å²) < 4.78 is 13.8. The molecule has 0 aliphatic carbocycles. The number of amides is 1. The van der Waals surface area contributed by atoms with Crippen LogP contribution in [-0.2, 0) is 14.1 Å². The molecule has 0 saturated carbocycles. The van der Waals surface area contributed by atoms with Crippen LogP contribution in [0, 0.1) is 0 Å². The number of thiazole rings is 1. The Hall–Kier alpha value is -1.41. The number of aromatic nitrogens is 1. The second-order valence-electron chi connectivity index (χ2n) is 7.41. The van der Waals surface area contributed by atoms with Gasteiger partial charge >= 0.3 is 7.12 Å². The third-order valence-corrected chi connectivity index (χ3v) is 5.96. The first-order valence-electron chi connectivity index (χ1n) is 8.44. The summed E-state index contributed by atoms with van der Waals surface area (Å²) in [7, 11) is -0.521. The van der Waals surface area contributed by atoms with E-state index in [-0.39, 0.29) is 5.91 Å². The molecule has 1 aromatic heterocycles. The molecule has 0 atom stereocenters. The minimum absolute atomic E-state index is 0.0999. The minimum Gasteiger partial charge on any atom is -0.400 e. The van der Waals surface area contributed by atoms with E-state index in [9.17, 15) is 4.79 Å². The summed E-state index contributed by atoms with van der Waals surface area (Å²) >= 11 is 7.43. The van der Waals surface area contributed by atoms with Crippen LogP contribution in [0.3, 0.4) is 0 Å². The van der Waals surface area contributed by atoms with Gasteiger partial charge in [-0.1, -0.05) is 23.7 Å². The van der Waals surface area contributed by atoms with Gasteiger partial charge in [-0.25, -0.2) is 4.98 Å². The summed E-state index contributed by atoms with van der Waals surface area (Å²) in [6, 6.07) is 5.93. The zero-order valence-corrected chi connectivity index (χ0v) is 17.1. The number of nitrogens with one attached hydrogen (secondary N) is 1. The molecular weight excluding hydrogens is 371 g/mol. The van der Waals surface area contributed by atoms with E-state index in [0.29, 0.717) is 11.0 Å². The number of hydrogen-bond acceptors (Lipinski definition) is 5. The molecule has 2 aromatic rings. The number of carbonyl (C=O) groups excluding carboxylic acids is 1. The molecule has 0 bridgehead atoms. The van der Waals surface area contributed by atoms with Crippen molar-refractivity contribution in [1.82, 2.24) is 10.3 Å². The Bertz CT molecular complexity index is 862. The first-order valence-corrected chi connectivity index (χ1v) is 9.63. The standard InChI is InChI=1S/C18H22BClN2O3S/c1-11(23)21-10-13(19-24-17(2,3)18(4,5)25-19)8-12-6-7-14-15(9-12)26-16(20)22-14/h6-9H,10H2,1-5H3,(H,21,23). The lowest BCUT2D eigenvalue weighted by Gasteiger charge is -2.32. The van der Waals surface area contributed by atoms with Crippen molar-refractivity contribution in [3.05, 3.63) is 33.7 Å². The molecule has 1 saturated heterocycles. The molecular formula is C18H22BClN2O3S. The van der Waals surface area contributed by atoms with Gasteiger partial charge < -0.3 is 14.6 Å². The second kappa shape index (κ2) is 6.96. The van der Waals surface area contributed by atoms with Crippen LogP contribution in [0.4, 0.5) is 0 Å². The molecule has 3 rings (SSSR count). The fraction of sp³-hybridized carbons (Fsp3) is 0.444.